The van der Waals surface area contributed by atoms with E-state index in [9.17, 15) is 9.59 Å². The first-order chi connectivity index (χ1) is 10.0. The first-order valence-corrected chi connectivity index (χ1v) is 7.97. The lowest BCUT2D eigenvalue weighted by Crippen LogP contribution is -2.47. The van der Waals surface area contributed by atoms with Crippen LogP contribution in [0.15, 0.2) is 30.3 Å². The summed E-state index contributed by atoms with van der Waals surface area (Å²) >= 11 is 1.55. The maximum Gasteiger partial charge on any atom is 0.426 e. The number of carbonyl (C=O) groups excluding carboxylic acids is 2. The number of hydrazine groups is 1. The molecule has 116 valence electrons. The molecule has 1 unspecified atom stereocenters. The van der Waals surface area contributed by atoms with Crippen LogP contribution in [-0.4, -0.2) is 23.9 Å². The number of rotatable bonds is 6. The topological polar surface area (TPSA) is 67.4 Å². The van der Waals surface area contributed by atoms with E-state index in [1.165, 1.54) is 5.56 Å². The highest BCUT2D eigenvalue weighted by atomic mass is 32.2. The molecule has 0 aliphatic heterocycles. The Bertz CT molecular complexity index is 451. The molecule has 21 heavy (non-hydrogen) atoms. The zero-order valence-corrected chi connectivity index (χ0v) is 13.4. The Hall–Kier alpha value is -1.69. The molecule has 0 saturated heterocycles. The average molecular weight is 310 g/mol. The fraction of sp³-hybridized carbons (Fsp3) is 0.467. The molecule has 1 rings (SSSR count). The van der Waals surface area contributed by atoms with Crippen molar-refractivity contribution in [1.82, 2.24) is 10.9 Å². The highest BCUT2D eigenvalue weighted by molar-refractivity contribution is 7.99. The van der Waals surface area contributed by atoms with Crippen LogP contribution in [0.2, 0.25) is 0 Å². The predicted octanol–water partition coefficient (Wildman–Crippen LogP) is 2.72. The number of thioether (sulfide) groups is 1. The summed E-state index contributed by atoms with van der Waals surface area (Å²) in [5, 5.41) is -0.243. The van der Waals surface area contributed by atoms with Gasteiger partial charge in [0.05, 0.1) is 11.9 Å². The minimum atomic E-state index is -0.651. The number of benzene rings is 1. The molecule has 2 N–H and O–H groups in total. The lowest BCUT2D eigenvalue weighted by Gasteiger charge is -2.20. The number of amides is 2. The van der Waals surface area contributed by atoms with Gasteiger partial charge in [-0.15, -0.1) is 11.8 Å². The van der Waals surface area contributed by atoms with Crippen LogP contribution in [0.25, 0.3) is 0 Å². The molecular weight excluding hydrogens is 288 g/mol. The molecule has 0 heterocycles. The fourth-order valence-corrected chi connectivity index (χ4v) is 2.84. The smallest absolute Gasteiger partial charge is 0.426 e. The van der Waals surface area contributed by atoms with Gasteiger partial charge in [-0.05, 0) is 18.4 Å². The van der Waals surface area contributed by atoms with Crippen LogP contribution in [0.5, 0.6) is 0 Å². The molecule has 1 aromatic carbocycles. The van der Waals surface area contributed by atoms with Crippen LogP contribution in [-0.2, 0) is 15.3 Å². The van der Waals surface area contributed by atoms with Gasteiger partial charge in [0.15, 0.2) is 0 Å². The molecule has 0 spiro atoms. The molecule has 0 aliphatic carbocycles. The summed E-state index contributed by atoms with van der Waals surface area (Å²) in [4.78, 5) is 23.3. The number of ether oxygens (including phenoxy) is 1. The van der Waals surface area contributed by atoms with Crippen LogP contribution >= 0.6 is 11.8 Å². The third-order valence-corrected chi connectivity index (χ3v) is 4.32. The van der Waals surface area contributed by atoms with E-state index in [0.29, 0.717) is 0 Å². The monoisotopic (exact) mass is 310 g/mol. The standard InChI is InChI=1S/C15H22N2O3S/c1-4-20-15(19)17-16-14(18)13(11(2)3)21-10-12-8-6-5-7-9-12/h5-9,11,13H,4,10H2,1-3H3,(H,16,18)(H,17,19). The van der Waals surface area contributed by atoms with E-state index in [2.05, 4.69) is 10.9 Å². The van der Waals surface area contributed by atoms with Crippen LogP contribution in [0, 0.1) is 5.92 Å². The Morgan fingerprint density at radius 3 is 2.43 bits per heavy atom. The summed E-state index contributed by atoms with van der Waals surface area (Å²) in [6.07, 6.45) is -0.651. The van der Waals surface area contributed by atoms with Crippen molar-refractivity contribution in [2.24, 2.45) is 5.92 Å². The molecular formula is C15H22N2O3S. The van der Waals surface area contributed by atoms with Gasteiger partial charge in [-0.3, -0.25) is 10.2 Å². The van der Waals surface area contributed by atoms with Crippen molar-refractivity contribution < 1.29 is 14.3 Å². The molecule has 0 fully saturated rings. The minimum absolute atomic E-state index is 0.155. The normalized spacial score (nSPS) is 11.8. The molecule has 1 aromatic rings. The summed E-state index contributed by atoms with van der Waals surface area (Å²) in [6.45, 7) is 5.92. The van der Waals surface area contributed by atoms with Gasteiger partial charge in [0, 0.05) is 5.75 Å². The van der Waals surface area contributed by atoms with Crippen molar-refractivity contribution >= 4 is 23.8 Å². The van der Waals surface area contributed by atoms with E-state index in [0.717, 1.165) is 5.75 Å². The highest BCUT2D eigenvalue weighted by Crippen LogP contribution is 2.23. The van der Waals surface area contributed by atoms with Gasteiger partial charge in [0.2, 0.25) is 0 Å². The van der Waals surface area contributed by atoms with Gasteiger partial charge in [0.25, 0.3) is 5.91 Å². The van der Waals surface area contributed by atoms with E-state index in [1.54, 1.807) is 18.7 Å². The fourth-order valence-electron chi connectivity index (χ4n) is 1.68. The second-order valence-electron chi connectivity index (χ2n) is 4.80. The lowest BCUT2D eigenvalue weighted by molar-refractivity contribution is -0.122. The summed E-state index contributed by atoms with van der Waals surface area (Å²) in [6, 6.07) is 9.97. The number of hydrogen-bond acceptors (Lipinski definition) is 4. The number of hydrogen-bond donors (Lipinski definition) is 2. The third kappa shape index (κ3) is 6.53. The number of carbonyl (C=O) groups is 2. The molecule has 1 atom stereocenters. The Labute approximate surface area is 129 Å². The maximum atomic E-state index is 12.1. The van der Waals surface area contributed by atoms with Gasteiger partial charge in [-0.25, -0.2) is 10.2 Å². The maximum absolute atomic E-state index is 12.1. The SMILES string of the molecule is CCOC(=O)NNC(=O)C(SCc1ccccc1)C(C)C. The van der Waals surface area contributed by atoms with Gasteiger partial charge in [0.1, 0.15) is 0 Å². The molecule has 0 aromatic heterocycles. The minimum Gasteiger partial charge on any atom is -0.449 e. The van der Waals surface area contributed by atoms with Gasteiger partial charge < -0.3 is 4.74 Å². The molecule has 0 aliphatic rings. The third-order valence-electron chi connectivity index (χ3n) is 2.70. The van der Waals surface area contributed by atoms with Crippen LogP contribution in [0.3, 0.4) is 0 Å². The van der Waals surface area contributed by atoms with Crippen LogP contribution in [0.1, 0.15) is 26.3 Å². The lowest BCUT2D eigenvalue weighted by atomic mass is 10.1. The predicted molar refractivity (Wildman–Crippen MR) is 84.7 cm³/mol. The second kappa shape index (κ2) is 9.28. The zero-order valence-electron chi connectivity index (χ0n) is 12.6. The van der Waals surface area contributed by atoms with Gasteiger partial charge in [-0.2, -0.15) is 0 Å². The van der Waals surface area contributed by atoms with Crippen molar-refractivity contribution in [3.63, 3.8) is 0 Å². The second-order valence-corrected chi connectivity index (χ2v) is 5.93. The zero-order chi connectivity index (χ0) is 15.7. The quantitative estimate of drug-likeness (QED) is 0.793. The van der Waals surface area contributed by atoms with E-state index in [-0.39, 0.29) is 23.7 Å². The highest BCUT2D eigenvalue weighted by Gasteiger charge is 2.23. The largest absolute Gasteiger partial charge is 0.449 e. The van der Waals surface area contributed by atoms with Crippen LogP contribution < -0.4 is 10.9 Å². The molecule has 6 heteroatoms. The Morgan fingerprint density at radius 1 is 1.19 bits per heavy atom. The van der Waals surface area contributed by atoms with E-state index < -0.39 is 6.09 Å². The molecule has 2 amide bonds. The molecule has 5 nitrogen and oxygen atoms in total. The average Bonchev–Trinajstić information content (AvgIpc) is 2.46. The summed E-state index contributed by atoms with van der Waals surface area (Å²) in [5.74, 6) is 0.679. The van der Waals surface area contributed by atoms with Gasteiger partial charge in [-0.1, -0.05) is 44.2 Å². The first-order valence-electron chi connectivity index (χ1n) is 6.92. The summed E-state index contributed by atoms with van der Waals surface area (Å²) in [5.41, 5.74) is 5.81. The molecule has 0 bridgehead atoms. The Morgan fingerprint density at radius 2 is 1.86 bits per heavy atom. The molecule has 0 radical (unpaired) electrons. The summed E-state index contributed by atoms with van der Waals surface area (Å²) in [7, 11) is 0. The van der Waals surface area contributed by atoms with E-state index in [1.807, 2.05) is 44.2 Å². The number of nitrogens with one attached hydrogen (secondary N) is 2. The Balaban J connectivity index is 2.48. The van der Waals surface area contributed by atoms with Crippen molar-refractivity contribution in [3.05, 3.63) is 35.9 Å². The van der Waals surface area contributed by atoms with E-state index in [4.69, 9.17) is 4.74 Å². The van der Waals surface area contributed by atoms with Crippen molar-refractivity contribution in [3.8, 4) is 0 Å². The van der Waals surface area contributed by atoms with Crippen molar-refractivity contribution in [1.29, 1.82) is 0 Å². The summed E-state index contributed by atoms with van der Waals surface area (Å²) < 4.78 is 4.69. The van der Waals surface area contributed by atoms with Crippen molar-refractivity contribution in [2.75, 3.05) is 6.61 Å². The van der Waals surface area contributed by atoms with Crippen molar-refractivity contribution in [2.45, 2.75) is 31.8 Å². The first kappa shape index (κ1) is 17.4. The van der Waals surface area contributed by atoms with E-state index >= 15 is 0 Å². The molecule has 0 saturated carbocycles. The Kier molecular flexibility index (Phi) is 7.68. The van der Waals surface area contributed by atoms with Crippen LogP contribution in [0.4, 0.5) is 4.79 Å². The van der Waals surface area contributed by atoms with Gasteiger partial charge >= 0.3 is 6.09 Å².